The molecular formula is C13H15BrN2O2. The van der Waals surface area contributed by atoms with Crippen LogP contribution in [0.2, 0.25) is 0 Å². The SMILES string of the molecule is C#CCCCCNCc1cccc([N+](=O)[O-])c1Br. The minimum atomic E-state index is -0.388. The molecule has 1 aromatic carbocycles. The lowest BCUT2D eigenvalue weighted by Gasteiger charge is -2.06. The predicted octanol–water partition coefficient (Wildman–Crippen LogP) is 3.25. The maximum atomic E-state index is 10.8. The number of rotatable bonds is 7. The van der Waals surface area contributed by atoms with Crippen LogP contribution in [0, 0.1) is 22.5 Å². The van der Waals surface area contributed by atoms with Crippen LogP contribution in [-0.4, -0.2) is 11.5 Å². The van der Waals surface area contributed by atoms with Crippen molar-refractivity contribution in [3.63, 3.8) is 0 Å². The number of benzene rings is 1. The van der Waals surface area contributed by atoms with Gasteiger partial charge in [0, 0.05) is 19.0 Å². The van der Waals surface area contributed by atoms with Gasteiger partial charge in [-0.1, -0.05) is 12.1 Å². The molecule has 0 amide bonds. The molecule has 18 heavy (non-hydrogen) atoms. The summed E-state index contributed by atoms with van der Waals surface area (Å²) in [6, 6.07) is 5.05. The molecule has 0 radical (unpaired) electrons. The second kappa shape index (κ2) is 7.85. The Labute approximate surface area is 115 Å². The Bertz CT molecular complexity index is 455. The third-order valence-electron chi connectivity index (χ3n) is 2.50. The van der Waals surface area contributed by atoms with Gasteiger partial charge in [-0.2, -0.15) is 0 Å². The van der Waals surface area contributed by atoms with Crippen LogP contribution in [-0.2, 0) is 6.54 Å². The minimum absolute atomic E-state index is 0.0987. The van der Waals surface area contributed by atoms with Crippen molar-refractivity contribution in [2.24, 2.45) is 0 Å². The molecule has 0 fully saturated rings. The molecule has 0 bridgehead atoms. The van der Waals surface area contributed by atoms with E-state index in [1.807, 2.05) is 6.07 Å². The number of hydrogen-bond donors (Lipinski definition) is 1. The van der Waals surface area contributed by atoms with E-state index >= 15 is 0 Å². The van der Waals surface area contributed by atoms with Gasteiger partial charge in [0.15, 0.2) is 0 Å². The van der Waals surface area contributed by atoms with Crippen LogP contribution in [0.25, 0.3) is 0 Å². The summed E-state index contributed by atoms with van der Waals surface area (Å²) in [5.41, 5.74) is 0.989. The second-order valence-electron chi connectivity index (χ2n) is 3.85. The standard InChI is InChI=1S/C13H15BrN2O2/c1-2-3-4-5-9-15-10-11-7-6-8-12(13(11)14)16(17)18/h1,6-8,15H,3-5,9-10H2. The first-order chi connectivity index (χ1) is 8.66. The number of nitrogens with zero attached hydrogens (tertiary/aromatic N) is 1. The number of unbranched alkanes of at least 4 members (excludes halogenated alkanes) is 2. The Morgan fingerprint density at radius 1 is 1.44 bits per heavy atom. The number of nitrogens with one attached hydrogen (secondary N) is 1. The van der Waals surface area contributed by atoms with Gasteiger partial charge in [0.2, 0.25) is 0 Å². The molecule has 0 atom stereocenters. The second-order valence-corrected chi connectivity index (χ2v) is 4.64. The molecule has 0 aromatic heterocycles. The van der Waals surface area contributed by atoms with Crippen molar-refractivity contribution < 1.29 is 4.92 Å². The zero-order chi connectivity index (χ0) is 13.4. The lowest BCUT2D eigenvalue weighted by Crippen LogP contribution is -2.15. The lowest BCUT2D eigenvalue weighted by atomic mass is 10.2. The maximum absolute atomic E-state index is 10.8. The third-order valence-corrected chi connectivity index (χ3v) is 3.41. The number of halogens is 1. The first kappa shape index (κ1) is 14.7. The van der Waals surface area contributed by atoms with E-state index in [0.717, 1.165) is 31.4 Å². The summed E-state index contributed by atoms with van der Waals surface area (Å²) >= 11 is 3.27. The fourth-order valence-electron chi connectivity index (χ4n) is 1.54. The van der Waals surface area contributed by atoms with Crippen LogP contribution in [0.3, 0.4) is 0 Å². The van der Waals surface area contributed by atoms with Crippen LogP contribution >= 0.6 is 15.9 Å². The summed E-state index contributed by atoms with van der Waals surface area (Å²) < 4.78 is 0.547. The molecule has 5 heteroatoms. The molecule has 0 aliphatic rings. The van der Waals surface area contributed by atoms with Crippen LogP contribution in [0.5, 0.6) is 0 Å². The Morgan fingerprint density at radius 3 is 2.89 bits per heavy atom. The van der Waals surface area contributed by atoms with Crippen molar-refractivity contribution in [3.8, 4) is 12.3 Å². The monoisotopic (exact) mass is 310 g/mol. The topological polar surface area (TPSA) is 55.2 Å². The number of nitro groups is 1. The highest BCUT2D eigenvalue weighted by atomic mass is 79.9. The third kappa shape index (κ3) is 4.47. The van der Waals surface area contributed by atoms with Crippen molar-refractivity contribution in [3.05, 3.63) is 38.3 Å². The number of nitro benzene ring substituents is 1. The largest absolute Gasteiger partial charge is 0.313 e. The van der Waals surface area contributed by atoms with Crippen molar-refractivity contribution in [2.75, 3.05) is 6.54 Å². The van der Waals surface area contributed by atoms with Gasteiger partial charge in [0.1, 0.15) is 0 Å². The van der Waals surface area contributed by atoms with E-state index in [0.29, 0.717) is 11.0 Å². The van der Waals surface area contributed by atoms with Gasteiger partial charge in [-0.25, -0.2) is 0 Å². The molecule has 0 saturated heterocycles. The van der Waals surface area contributed by atoms with Crippen LogP contribution < -0.4 is 5.32 Å². The minimum Gasteiger partial charge on any atom is -0.313 e. The molecular weight excluding hydrogens is 296 g/mol. The zero-order valence-electron chi connectivity index (χ0n) is 9.99. The maximum Gasteiger partial charge on any atom is 0.283 e. The van der Waals surface area contributed by atoms with Crippen LogP contribution in [0.4, 0.5) is 5.69 Å². The van der Waals surface area contributed by atoms with Gasteiger partial charge < -0.3 is 5.32 Å². The van der Waals surface area contributed by atoms with E-state index in [2.05, 4.69) is 27.2 Å². The molecule has 1 N–H and O–H groups in total. The fraction of sp³-hybridized carbons (Fsp3) is 0.385. The first-order valence-electron chi connectivity index (χ1n) is 5.72. The summed E-state index contributed by atoms with van der Waals surface area (Å²) in [7, 11) is 0. The summed E-state index contributed by atoms with van der Waals surface area (Å²) in [6.45, 7) is 1.47. The van der Waals surface area contributed by atoms with E-state index < -0.39 is 0 Å². The van der Waals surface area contributed by atoms with E-state index in [9.17, 15) is 10.1 Å². The normalized spacial score (nSPS) is 10.0. The van der Waals surface area contributed by atoms with Crippen LogP contribution in [0.1, 0.15) is 24.8 Å². The number of terminal acetylenes is 1. The fourth-order valence-corrected chi connectivity index (χ4v) is 2.09. The predicted molar refractivity (Wildman–Crippen MR) is 75.2 cm³/mol. The van der Waals surface area contributed by atoms with E-state index in [4.69, 9.17) is 6.42 Å². The van der Waals surface area contributed by atoms with Gasteiger partial charge in [-0.05, 0) is 40.9 Å². The quantitative estimate of drug-likeness (QED) is 0.364. The van der Waals surface area contributed by atoms with Gasteiger partial charge in [0.25, 0.3) is 5.69 Å². The average molecular weight is 311 g/mol. The Hall–Kier alpha value is -1.38. The summed E-state index contributed by atoms with van der Waals surface area (Å²) in [5, 5.41) is 14.0. The lowest BCUT2D eigenvalue weighted by molar-refractivity contribution is -0.385. The molecule has 1 rings (SSSR count). The van der Waals surface area contributed by atoms with E-state index in [1.54, 1.807) is 6.07 Å². The molecule has 0 heterocycles. The summed E-state index contributed by atoms with van der Waals surface area (Å²) in [5.74, 6) is 2.60. The highest BCUT2D eigenvalue weighted by molar-refractivity contribution is 9.10. The Morgan fingerprint density at radius 2 is 2.22 bits per heavy atom. The molecule has 0 aliphatic heterocycles. The van der Waals surface area contributed by atoms with Crippen molar-refractivity contribution in [2.45, 2.75) is 25.8 Å². The molecule has 0 spiro atoms. The molecule has 96 valence electrons. The van der Waals surface area contributed by atoms with Gasteiger partial charge >= 0.3 is 0 Å². The van der Waals surface area contributed by atoms with Gasteiger partial charge in [-0.15, -0.1) is 12.3 Å². The zero-order valence-corrected chi connectivity index (χ0v) is 11.6. The first-order valence-corrected chi connectivity index (χ1v) is 6.52. The molecule has 0 aliphatic carbocycles. The number of hydrogen-bond acceptors (Lipinski definition) is 3. The van der Waals surface area contributed by atoms with E-state index in [-0.39, 0.29) is 10.6 Å². The van der Waals surface area contributed by atoms with Crippen molar-refractivity contribution in [1.29, 1.82) is 0 Å². The highest BCUT2D eigenvalue weighted by Gasteiger charge is 2.13. The smallest absolute Gasteiger partial charge is 0.283 e. The van der Waals surface area contributed by atoms with Crippen LogP contribution in [0.15, 0.2) is 22.7 Å². The molecule has 0 saturated carbocycles. The molecule has 1 aromatic rings. The molecule has 4 nitrogen and oxygen atoms in total. The summed E-state index contributed by atoms with van der Waals surface area (Å²) in [6.07, 6.45) is 7.96. The van der Waals surface area contributed by atoms with Crippen molar-refractivity contribution >= 4 is 21.6 Å². The Kier molecular flexibility index (Phi) is 6.40. The van der Waals surface area contributed by atoms with Crippen molar-refractivity contribution in [1.82, 2.24) is 5.32 Å². The highest BCUT2D eigenvalue weighted by Crippen LogP contribution is 2.27. The van der Waals surface area contributed by atoms with E-state index in [1.165, 1.54) is 6.07 Å². The Balaban J connectivity index is 2.46. The van der Waals surface area contributed by atoms with Gasteiger partial charge in [0.05, 0.1) is 9.40 Å². The summed E-state index contributed by atoms with van der Waals surface area (Å²) in [4.78, 5) is 10.4. The molecule has 0 unspecified atom stereocenters. The average Bonchev–Trinajstić information content (AvgIpc) is 2.35. The van der Waals surface area contributed by atoms with Gasteiger partial charge in [-0.3, -0.25) is 10.1 Å².